The second kappa shape index (κ2) is 6.60. The predicted molar refractivity (Wildman–Crippen MR) is 88.6 cm³/mol. The SMILES string of the molecule is CN(Cc1ccc(Br)o1)Cn1nc(-c2ccccc2)oc1=S. The summed E-state index contributed by atoms with van der Waals surface area (Å²) in [5.41, 5.74) is 0.907. The van der Waals surface area contributed by atoms with Crippen LogP contribution in [0.15, 0.2) is 56.0 Å². The lowest BCUT2D eigenvalue weighted by Gasteiger charge is -2.13. The molecule has 2 heterocycles. The Hall–Kier alpha value is -1.70. The highest BCUT2D eigenvalue weighted by Gasteiger charge is 2.11. The average Bonchev–Trinajstić information content (AvgIpc) is 3.07. The molecule has 0 aliphatic rings. The molecular formula is C15H14BrN3O2S. The number of rotatable bonds is 5. The predicted octanol–water partition coefficient (Wildman–Crippen LogP) is 4.32. The maximum absolute atomic E-state index is 5.56. The van der Waals surface area contributed by atoms with E-state index in [2.05, 4.69) is 21.0 Å². The molecule has 0 spiro atoms. The monoisotopic (exact) mass is 379 g/mol. The zero-order chi connectivity index (χ0) is 15.5. The first-order chi connectivity index (χ1) is 10.6. The van der Waals surface area contributed by atoms with Crippen molar-refractivity contribution in [2.45, 2.75) is 13.2 Å². The Morgan fingerprint density at radius 1 is 1.18 bits per heavy atom. The minimum Gasteiger partial charge on any atom is -0.453 e. The zero-order valence-corrected chi connectivity index (χ0v) is 14.3. The van der Waals surface area contributed by atoms with Crippen molar-refractivity contribution >= 4 is 28.1 Å². The molecule has 0 N–H and O–H groups in total. The van der Waals surface area contributed by atoms with Crippen LogP contribution in [0, 0.1) is 4.84 Å². The number of benzene rings is 1. The summed E-state index contributed by atoms with van der Waals surface area (Å²) >= 11 is 8.53. The van der Waals surface area contributed by atoms with Crippen molar-refractivity contribution in [2.75, 3.05) is 7.05 Å². The van der Waals surface area contributed by atoms with Gasteiger partial charge in [-0.15, -0.1) is 5.10 Å². The summed E-state index contributed by atoms with van der Waals surface area (Å²) in [7, 11) is 1.97. The van der Waals surface area contributed by atoms with Gasteiger partial charge < -0.3 is 8.83 Å². The molecule has 0 amide bonds. The number of hydrogen-bond acceptors (Lipinski definition) is 5. The van der Waals surface area contributed by atoms with Gasteiger partial charge in [0, 0.05) is 5.56 Å². The van der Waals surface area contributed by atoms with Crippen molar-refractivity contribution in [3.8, 4) is 11.5 Å². The van der Waals surface area contributed by atoms with E-state index in [0.717, 1.165) is 16.0 Å². The van der Waals surface area contributed by atoms with Gasteiger partial charge in [-0.25, -0.2) is 4.68 Å². The molecule has 7 heteroatoms. The van der Waals surface area contributed by atoms with Gasteiger partial charge in [-0.2, -0.15) is 0 Å². The first kappa shape index (κ1) is 15.2. The Balaban J connectivity index is 1.73. The first-order valence-corrected chi connectivity index (χ1v) is 7.88. The van der Waals surface area contributed by atoms with Crippen LogP contribution in [-0.2, 0) is 13.2 Å². The van der Waals surface area contributed by atoms with E-state index in [9.17, 15) is 0 Å². The van der Waals surface area contributed by atoms with Crippen molar-refractivity contribution in [1.82, 2.24) is 14.7 Å². The molecular weight excluding hydrogens is 366 g/mol. The first-order valence-electron chi connectivity index (χ1n) is 6.68. The van der Waals surface area contributed by atoms with Crippen LogP contribution in [0.5, 0.6) is 0 Å². The zero-order valence-electron chi connectivity index (χ0n) is 11.9. The van der Waals surface area contributed by atoms with Crippen molar-refractivity contribution in [3.63, 3.8) is 0 Å². The van der Waals surface area contributed by atoms with E-state index in [4.69, 9.17) is 21.1 Å². The van der Waals surface area contributed by atoms with Crippen LogP contribution in [0.4, 0.5) is 0 Å². The Labute approximate surface area is 141 Å². The van der Waals surface area contributed by atoms with Gasteiger partial charge in [0.15, 0.2) is 4.67 Å². The smallest absolute Gasteiger partial charge is 0.288 e. The number of nitrogens with zero attached hydrogens (tertiary/aromatic N) is 3. The van der Waals surface area contributed by atoms with E-state index >= 15 is 0 Å². The minimum atomic E-state index is 0.353. The Morgan fingerprint density at radius 2 is 1.95 bits per heavy atom. The van der Waals surface area contributed by atoms with Gasteiger partial charge in [-0.1, -0.05) is 18.2 Å². The van der Waals surface area contributed by atoms with Crippen LogP contribution >= 0.6 is 28.1 Å². The lowest BCUT2D eigenvalue weighted by molar-refractivity contribution is 0.222. The van der Waals surface area contributed by atoms with Gasteiger partial charge in [-0.3, -0.25) is 4.90 Å². The summed E-state index contributed by atoms with van der Waals surface area (Å²) in [4.78, 5) is 2.39. The number of aromatic nitrogens is 2. The standard InChI is InChI=1S/C15H14BrN3O2S/c1-18(9-12-7-8-13(16)20-12)10-19-15(22)21-14(17-19)11-5-3-2-4-6-11/h2-8H,9-10H2,1H3. The summed E-state index contributed by atoms with van der Waals surface area (Å²) in [6.07, 6.45) is 0. The van der Waals surface area contributed by atoms with Gasteiger partial charge in [0.1, 0.15) is 5.76 Å². The summed E-state index contributed by atoms with van der Waals surface area (Å²) in [5, 5.41) is 4.43. The summed E-state index contributed by atoms with van der Waals surface area (Å²) in [6, 6.07) is 13.5. The van der Waals surface area contributed by atoms with Crippen LogP contribution in [0.25, 0.3) is 11.5 Å². The molecule has 0 fully saturated rings. The topological polar surface area (TPSA) is 47.3 Å². The second-order valence-electron chi connectivity index (χ2n) is 4.90. The van der Waals surface area contributed by atoms with Crippen LogP contribution < -0.4 is 0 Å². The minimum absolute atomic E-state index is 0.353. The van der Waals surface area contributed by atoms with E-state index in [1.807, 2.05) is 54.4 Å². The number of furan rings is 1. The molecule has 2 aromatic heterocycles. The third-order valence-electron chi connectivity index (χ3n) is 3.06. The highest BCUT2D eigenvalue weighted by atomic mass is 79.9. The van der Waals surface area contributed by atoms with Crippen molar-refractivity contribution < 1.29 is 8.83 Å². The molecule has 3 rings (SSSR count). The second-order valence-corrected chi connectivity index (χ2v) is 6.03. The molecule has 5 nitrogen and oxygen atoms in total. The quantitative estimate of drug-likeness (QED) is 0.617. The van der Waals surface area contributed by atoms with E-state index in [-0.39, 0.29) is 0 Å². The highest BCUT2D eigenvalue weighted by molar-refractivity contribution is 9.10. The molecule has 22 heavy (non-hydrogen) atoms. The number of halogens is 1. The Bertz CT molecular complexity index is 810. The lowest BCUT2D eigenvalue weighted by Crippen LogP contribution is -2.22. The fourth-order valence-corrected chi connectivity index (χ4v) is 2.59. The van der Waals surface area contributed by atoms with Crippen LogP contribution in [-0.4, -0.2) is 21.7 Å². The largest absolute Gasteiger partial charge is 0.453 e. The van der Waals surface area contributed by atoms with Gasteiger partial charge in [0.2, 0.25) is 5.89 Å². The van der Waals surface area contributed by atoms with Crippen molar-refractivity contribution in [1.29, 1.82) is 0 Å². The summed E-state index contributed by atoms with van der Waals surface area (Å²) in [5.74, 6) is 1.40. The van der Waals surface area contributed by atoms with Crippen LogP contribution in [0.3, 0.4) is 0 Å². The molecule has 1 aromatic carbocycles. The fraction of sp³-hybridized carbons (Fsp3) is 0.200. The molecule has 114 valence electrons. The lowest BCUT2D eigenvalue weighted by atomic mass is 10.2. The van der Waals surface area contributed by atoms with Gasteiger partial charge in [0.05, 0.1) is 13.2 Å². The third-order valence-corrected chi connectivity index (χ3v) is 3.78. The van der Waals surface area contributed by atoms with E-state index in [0.29, 0.717) is 23.9 Å². The maximum atomic E-state index is 5.56. The van der Waals surface area contributed by atoms with Gasteiger partial charge >= 0.3 is 0 Å². The molecule has 0 aliphatic heterocycles. The fourth-order valence-electron chi connectivity index (χ4n) is 2.07. The third kappa shape index (κ3) is 3.55. The van der Waals surface area contributed by atoms with E-state index in [1.54, 1.807) is 4.68 Å². The Kier molecular flexibility index (Phi) is 4.56. The van der Waals surface area contributed by atoms with Crippen LogP contribution in [0.2, 0.25) is 0 Å². The molecule has 0 radical (unpaired) electrons. The maximum Gasteiger partial charge on any atom is 0.288 e. The van der Waals surface area contributed by atoms with Gasteiger partial charge in [0.25, 0.3) is 4.84 Å². The molecule has 0 unspecified atom stereocenters. The normalized spacial score (nSPS) is 11.2. The Morgan fingerprint density at radius 3 is 2.64 bits per heavy atom. The van der Waals surface area contributed by atoms with Crippen molar-refractivity contribution in [2.24, 2.45) is 0 Å². The summed E-state index contributed by atoms with van der Waals surface area (Å²) in [6.45, 7) is 1.17. The van der Waals surface area contributed by atoms with E-state index < -0.39 is 0 Å². The van der Waals surface area contributed by atoms with Crippen LogP contribution in [0.1, 0.15) is 5.76 Å². The molecule has 0 aliphatic carbocycles. The highest BCUT2D eigenvalue weighted by Crippen LogP contribution is 2.18. The summed E-state index contributed by atoms with van der Waals surface area (Å²) < 4.78 is 13.4. The number of hydrogen-bond donors (Lipinski definition) is 0. The van der Waals surface area contributed by atoms with E-state index in [1.165, 1.54) is 0 Å². The van der Waals surface area contributed by atoms with Crippen molar-refractivity contribution in [3.05, 3.63) is 57.7 Å². The molecule has 0 atom stereocenters. The molecule has 0 saturated carbocycles. The molecule has 0 saturated heterocycles. The average molecular weight is 380 g/mol. The molecule has 0 bridgehead atoms. The molecule has 3 aromatic rings. The van der Waals surface area contributed by atoms with Gasteiger partial charge in [-0.05, 0) is 59.5 Å².